The highest BCUT2D eigenvalue weighted by molar-refractivity contribution is 6.07. The molecule has 0 amide bonds. The number of furan rings is 1. The first-order chi connectivity index (χ1) is 25.2. The van der Waals surface area contributed by atoms with E-state index >= 15 is 0 Å². The fourth-order valence-electron chi connectivity index (χ4n) is 7.34. The van der Waals surface area contributed by atoms with Crippen LogP contribution >= 0.6 is 0 Å². The summed E-state index contributed by atoms with van der Waals surface area (Å²) in [6.07, 6.45) is 8.51. The van der Waals surface area contributed by atoms with E-state index in [1.54, 1.807) is 0 Å². The summed E-state index contributed by atoms with van der Waals surface area (Å²) in [5.74, 6) is 0.692. The predicted molar refractivity (Wildman–Crippen MR) is 209 cm³/mol. The van der Waals surface area contributed by atoms with E-state index in [2.05, 4.69) is 121 Å². The van der Waals surface area contributed by atoms with Gasteiger partial charge in [-0.15, -0.1) is 0 Å². The normalized spacial score (nSPS) is 12.5. The number of rotatable bonds is 5. The summed E-state index contributed by atoms with van der Waals surface area (Å²) in [6.45, 7) is 0. The fraction of sp³-hybridized carbons (Fsp3) is 0.0426. The van der Waals surface area contributed by atoms with Gasteiger partial charge in [-0.05, 0) is 106 Å². The zero-order valence-corrected chi connectivity index (χ0v) is 27.8. The highest BCUT2D eigenvalue weighted by Crippen LogP contribution is 2.39. The first-order valence-electron chi connectivity index (χ1n) is 17.4. The Morgan fingerprint density at radius 3 is 2.22 bits per heavy atom. The van der Waals surface area contributed by atoms with Gasteiger partial charge in [-0.1, -0.05) is 103 Å². The van der Waals surface area contributed by atoms with Crippen molar-refractivity contribution >= 4 is 38.9 Å². The first kappa shape index (κ1) is 29.3. The lowest BCUT2D eigenvalue weighted by Crippen LogP contribution is -1.98. The molecule has 1 aliphatic rings. The summed E-state index contributed by atoms with van der Waals surface area (Å²) < 4.78 is 6.49. The van der Waals surface area contributed by atoms with Crippen LogP contribution < -0.4 is 0 Å². The van der Waals surface area contributed by atoms with Gasteiger partial charge in [0.25, 0.3) is 0 Å². The Morgan fingerprint density at radius 2 is 1.29 bits per heavy atom. The number of nitrogens with zero attached hydrogens (tertiary/aromatic N) is 3. The molecule has 0 spiro atoms. The minimum Gasteiger partial charge on any atom is -0.454 e. The Labute approximate surface area is 295 Å². The molecule has 0 bridgehead atoms. The number of pyridine rings is 1. The zero-order valence-electron chi connectivity index (χ0n) is 27.8. The SMILES string of the molecule is C1=Cc2cc(-c3cc(-c4cc(-c5ccc6ccccc6c5)cc(-c5ccnc6c5oc5ccccc56)c4)nc(-c4ccccc4)n3)ccc2CC1. The first-order valence-corrected chi connectivity index (χ1v) is 17.4. The van der Waals surface area contributed by atoms with Crippen LogP contribution in [-0.4, -0.2) is 15.0 Å². The lowest BCUT2D eigenvalue weighted by atomic mass is 9.92. The number of allylic oxidation sites excluding steroid dienone is 1. The molecule has 6 aromatic carbocycles. The number of hydrogen-bond donors (Lipinski definition) is 0. The van der Waals surface area contributed by atoms with Crippen molar-refractivity contribution in [2.24, 2.45) is 0 Å². The highest BCUT2D eigenvalue weighted by Gasteiger charge is 2.18. The van der Waals surface area contributed by atoms with Crippen LogP contribution in [-0.2, 0) is 6.42 Å². The standard InChI is InChI=1S/C47H31N3O/c1-2-12-32(13-3-1)47-49-42(36-21-19-31-11-5-7-15-34(31)25-36)29-43(50-47)39-27-37(35-20-18-30-10-4-6-14-33(30)24-35)26-38(28-39)40-22-23-48-45-41-16-8-9-17-44(41)51-46(40)45/h1-4,6-10,12-29H,5,11H2. The molecule has 0 unspecified atom stereocenters. The van der Waals surface area contributed by atoms with Crippen LogP contribution in [0.4, 0.5) is 0 Å². The Kier molecular flexibility index (Phi) is 6.91. The van der Waals surface area contributed by atoms with Crippen LogP contribution in [0.25, 0.3) is 95.1 Å². The lowest BCUT2D eigenvalue weighted by Gasteiger charge is -2.15. The van der Waals surface area contributed by atoms with Gasteiger partial charge in [0, 0.05) is 33.8 Å². The van der Waals surface area contributed by atoms with Crippen molar-refractivity contribution in [1.82, 2.24) is 15.0 Å². The van der Waals surface area contributed by atoms with Gasteiger partial charge in [0.2, 0.25) is 0 Å². The quantitative estimate of drug-likeness (QED) is 0.185. The second kappa shape index (κ2) is 12.0. The average Bonchev–Trinajstić information content (AvgIpc) is 3.59. The molecule has 51 heavy (non-hydrogen) atoms. The molecule has 10 rings (SSSR count). The van der Waals surface area contributed by atoms with E-state index in [0.717, 1.165) is 85.2 Å². The van der Waals surface area contributed by atoms with Crippen LogP contribution in [0.3, 0.4) is 0 Å². The molecule has 9 aromatic rings. The lowest BCUT2D eigenvalue weighted by molar-refractivity contribution is 0.669. The number of benzene rings is 6. The molecule has 0 saturated heterocycles. The molecule has 0 N–H and O–H groups in total. The third-order valence-electron chi connectivity index (χ3n) is 9.96. The van der Waals surface area contributed by atoms with Gasteiger partial charge in [0.15, 0.2) is 11.4 Å². The molecular formula is C47H31N3O. The van der Waals surface area contributed by atoms with Crippen LogP contribution in [0, 0.1) is 0 Å². The van der Waals surface area contributed by atoms with Gasteiger partial charge in [-0.2, -0.15) is 0 Å². The van der Waals surface area contributed by atoms with Gasteiger partial charge < -0.3 is 4.42 Å². The molecule has 4 heteroatoms. The minimum atomic E-state index is 0.692. The van der Waals surface area contributed by atoms with Crippen molar-refractivity contribution in [3.63, 3.8) is 0 Å². The van der Waals surface area contributed by atoms with Gasteiger partial charge in [-0.3, -0.25) is 4.98 Å². The van der Waals surface area contributed by atoms with Crippen molar-refractivity contribution in [2.75, 3.05) is 0 Å². The molecular weight excluding hydrogens is 623 g/mol. The van der Waals surface area contributed by atoms with Crippen LogP contribution in [0.1, 0.15) is 17.5 Å². The summed E-state index contributed by atoms with van der Waals surface area (Å²) in [7, 11) is 0. The van der Waals surface area contributed by atoms with Crippen LogP contribution in [0.15, 0.2) is 162 Å². The number of fused-ring (bicyclic) bond motifs is 5. The second-order valence-corrected chi connectivity index (χ2v) is 13.2. The van der Waals surface area contributed by atoms with Crippen LogP contribution in [0.5, 0.6) is 0 Å². The van der Waals surface area contributed by atoms with Gasteiger partial charge >= 0.3 is 0 Å². The molecule has 0 saturated carbocycles. The summed E-state index contributed by atoms with van der Waals surface area (Å²) in [5.41, 5.74) is 14.1. The van der Waals surface area contributed by atoms with E-state index in [0.29, 0.717) is 5.82 Å². The average molecular weight is 654 g/mol. The highest BCUT2D eigenvalue weighted by atomic mass is 16.3. The van der Waals surface area contributed by atoms with Gasteiger partial charge in [0.05, 0.1) is 11.4 Å². The van der Waals surface area contributed by atoms with E-state index in [9.17, 15) is 0 Å². The zero-order chi connectivity index (χ0) is 33.7. The molecule has 0 aliphatic heterocycles. The van der Waals surface area contributed by atoms with Crippen molar-refractivity contribution in [3.05, 3.63) is 169 Å². The van der Waals surface area contributed by atoms with Gasteiger partial charge in [0.1, 0.15) is 11.1 Å². The monoisotopic (exact) mass is 653 g/mol. The molecule has 0 atom stereocenters. The second-order valence-electron chi connectivity index (χ2n) is 13.2. The van der Waals surface area contributed by atoms with E-state index in [-0.39, 0.29) is 0 Å². The largest absolute Gasteiger partial charge is 0.454 e. The van der Waals surface area contributed by atoms with Crippen molar-refractivity contribution in [2.45, 2.75) is 12.8 Å². The molecule has 0 radical (unpaired) electrons. The molecule has 240 valence electrons. The third-order valence-corrected chi connectivity index (χ3v) is 9.96. The molecule has 1 aliphatic carbocycles. The summed E-state index contributed by atoms with van der Waals surface area (Å²) in [4.78, 5) is 15.1. The Hall–Kier alpha value is -6.65. The summed E-state index contributed by atoms with van der Waals surface area (Å²) in [5, 5.41) is 3.42. The van der Waals surface area contributed by atoms with E-state index < -0.39 is 0 Å². The van der Waals surface area contributed by atoms with Gasteiger partial charge in [-0.25, -0.2) is 9.97 Å². The number of hydrogen-bond acceptors (Lipinski definition) is 4. The maximum Gasteiger partial charge on any atom is 0.161 e. The number of aromatic nitrogens is 3. The maximum absolute atomic E-state index is 6.49. The molecule has 4 nitrogen and oxygen atoms in total. The summed E-state index contributed by atoms with van der Waals surface area (Å²) in [6, 6.07) is 51.1. The van der Waals surface area contributed by atoms with Crippen LogP contribution in [0.2, 0.25) is 0 Å². The summed E-state index contributed by atoms with van der Waals surface area (Å²) >= 11 is 0. The van der Waals surface area contributed by atoms with E-state index in [1.807, 2.05) is 42.6 Å². The van der Waals surface area contributed by atoms with E-state index in [4.69, 9.17) is 19.4 Å². The smallest absolute Gasteiger partial charge is 0.161 e. The Balaban J connectivity index is 1.22. The third kappa shape index (κ3) is 5.29. The Bertz CT molecular complexity index is 2810. The van der Waals surface area contributed by atoms with Crippen molar-refractivity contribution in [3.8, 4) is 56.2 Å². The van der Waals surface area contributed by atoms with Crippen molar-refractivity contribution < 1.29 is 4.42 Å². The molecule has 3 aromatic heterocycles. The number of aryl methyl sites for hydroxylation is 1. The minimum absolute atomic E-state index is 0.692. The van der Waals surface area contributed by atoms with E-state index in [1.165, 1.54) is 21.9 Å². The predicted octanol–water partition coefficient (Wildman–Crippen LogP) is 12.2. The molecule has 3 heterocycles. The fourth-order valence-corrected chi connectivity index (χ4v) is 7.34. The Morgan fingerprint density at radius 1 is 0.529 bits per heavy atom. The number of para-hydroxylation sites is 1. The van der Waals surface area contributed by atoms with Crippen molar-refractivity contribution in [1.29, 1.82) is 0 Å². The molecule has 0 fully saturated rings. The topological polar surface area (TPSA) is 51.8 Å². The maximum atomic E-state index is 6.49.